The summed E-state index contributed by atoms with van der Waals surface area (Å²) >= 11 is 0. The summed E-state index contributed by atoms with van der Waals surface area (Å²) in [6.45, 7) is -0.0825. The molecule has 1 aromatic heterocycles. The van der Waals surface area contributed by atoms with E-state index in [9.17, 15) is 4.79 Å². The van der Waals surface area contributed by atoms with Crippen molar-refractivity contribution in [3.63, 3.8) is 0 Å². The maximum Gasteiger partial charge on any atom is 0.262 e. The monoisotopic (exact) mass is 455 g/mol. The molecule has 0 saturated heterocycles. The topological polar surface area (TPSA) is 76.2 Å². The van der Waals surface area contributed by atoms with E-state index in [2.05, 4.69) is 27.4 Å². The third-order valence-electron chi connectivity index (χ3n) is 6.46. The van der Waals surface area contributed by atoms with Gasteiger partial charge in [0.25, 0.3) is 5.91 Å². The number of ether oxygens (including phenoxy) is 2. The summed E-state index contributed by atoms with van der Waals surface area (Å²) in [6, 6.07) is 21.6. The number of nitrogens with zero attached hydrogens (tertiary/aromatic N) is 1. The summed E-state index contributed by atoms with van der Waals surface area (Å²) in [7, 11) is 1.58. The molecule has 3 aromatic carbocycles. The molecule has 0 bridgehead atoms. The molecule has 0 radical (unpaired) electrons. The molecule has 1 fully saturated rings. The lowest BCUT2D eigenvalue weighted by Crippen LogP contribution is -2.20. The highest BCUT2D eigenvalue weighted by Gasteiger charge is 2.16. The average molecular weight is 456 g/mol. The number of carbonyl (C=O) groups is 1. The largest absolute Gasteiger partial charge is 0.495 e. The number of para-hydroxylation sites is 2. The van der Waals surface area contributed by atoms with Crippen LogP contribution in [0.3, 0.4) is 0 Å². The fourth-order valence-electron chi connectivity index (χ4n) is 4.65. The fraction of sp³-hybridized carbons (Fsp3) is 0.286. The highest BCUT2D eigenvalue weighted by atomic mass is 16.5. The fourth-order valence-corrected chi connectivity index (χ4v) is 4.65. The first-order valence-electron chi connectivity index (χ1n) is 11.9. The summed E-state index contributed by atoms with van der Waals surface area (Å²) in [6.07, 6.45) is 6.49. The quantitative estimate of drug-likeness (QED) is 0.343. The summed E-state index contributed by atoms with van der Waals surface area (Å²) in [5, 5.41) is 2.91. The lowest BCUT2D eigenvalue weighted by molar-refractivity contribution is -0.118. The maximum absolute atomic E-state index is 12.6. The lowest BCUT2D eigenvalue weighted by atomic mass is 9.84. The van der Waals surface area contributed by atoms with Gasteiger partial charge >= 0.3 is 0 Å². The third-order valence-corrected chi connectivity index (χ3v) is 6.46. The van der Waals surface area contributed by atoms with Crippen LogP contribution in [0.25, 0.3) is 22.4 Å². The van der Waals surface area contributed by atoms with Gasteiger partial charge in [0.15, 0.2) is 6.61 Å². The number of imidazole rings is 1. The van der Waals surface area contributed by atoms with E-state index in [-0.39, 0.29) is 12.5 Å². The SMILES string of the molecule is COc1ccc(-c2nc3ccccc3[nH]2)cc1NC(=O)COc1ccc(C2CCCCC2)cc1. The van der Waals surface area contributed by atoms with Crippen LogP contribution in [0.2, 0.25) is 0 Å². The van der Waals surface area contributed by atoms with Gasteiger partial charge in [-0.15, -0.1) is 0 Å². The molecule has 4 aromatic rings. The standard InChI is InChI=1S/C28H29N3O3/c1-33-26-16-13-21(28-30-23-9-5-6-10-24(23)31-28)17-25(26)29-27(32)18-34-22-14-11-20(12-15-22)19-7-3-2-4-8-19/h5-6,9-17,19H,2-4,7-8,18H2,1H3,(H,29,32)(H,30,31). The van der Waals surface area contributed by atoms with Crippen LogP contribution in [0, 0.1) is 0 Å². The van der Waals surface area contributed by atoms with Gasteiger partial charge in [0.1, 0.15) is 17.3 Å². The second-order valence-corrected chi connectivity index (χ2v) is 8.76. The van der Waals surface area contributed by atoms with Gasteiger partial charge in [0.05, 0.1) is 23.8 Å². The van der Waals surface area contributed by atoms with Crippen LogP contribution in [0.1, 0.15) is 43.6 Å². The molecule has 6 heteroatoms. The summed E-state index contributed by atoms with van der Waals surface area (Å²) < 4.78 is 11.2. The Hall–Kier alpha value is -3.80. The number of nitrogens with one attached hydrogen (secondary N) is 2. The highest BCUT2D eigenvalue weighted by Crippen LogP contribution is 2.33. The first kappa shape index (κ1) is 22.0. The van der Waals surface area contributed by atoms with Gasteiger partial charge in [-0.1, -0.05) is 43.5 Å². The Morgan fingerprint density at radius 3 is 2.59 bits per heavy atom. The predicted molar refractivity (Wildman–Crippen MR) is 134 cm³/mol. The molecule has 0 aliphatic heterocycles. The summed E-state index contributed by atoms with van der Waals surface area (Å²) in [4.78, 5) is 20.6. The number of aromatic nitrogens is 2. The van der Waals surface area contributed by atoms with Gasteiger partial charge in [0, 0.05) is 5.56 Å². The second kappa shape index (κ2) is 10.00. The van der Waals surface area contributed by atoms with Crippen LogP contribution >= 0.6 is 0 Å². The predicted octanol–water partition coefficient (Wildman–Crippen LogP) is 6.30. The molecule has 0 atom stereocenters. The van der Waals surface area contributed by atoms with E-state index in [4.69, 9.17) is 9.47 Å². The van der Waals surface area contributed by atoms with E-state index in [0.29, 0.717) is 23.1 Å². The van der Waals surface area contributed by atoms with Crippen molar-refractivity contribution in [3.05, 3.63) is 72.3 Å². The molecule has 0 spiro atoms. The van der Waals surface area contributed by atoms with Crippen molar-refractivity contribution in [1.29, 1.82) is 0 Å². The highest BCUT2D eigenvalue weighted by molar-refractivity contribution is 5.94. The molecule has 34 heavy (non-hydrogen) atoms. The van der Waals surface area contributed by atoms with Crippen molar-refractivity contribution in [3.8, 4) is 22.9 Å². The zero-order valence-corrected chi connectivity index (χ0v) is 19.3. The van der Waals surface area contributed by atoms with Crippen molar-refractivity contribution in [2.24, 2.45) is 0 Å². The van der Waals surface area contributed by atoms with E-state index < -0.39 is 0 Å². The van der Waals surface area contributed by atoms with E-state index in [1.165, 1.54) is 37.7 Å². The lowest BCUT2D eigenvalue weighted by Gasteiger charge is -2.22. The number of methoxy groups -OCH3 is 1. The molecule has 6 nitrogen and oxygen atoms in total. The number of amides is 1. The normalized spacial score (nSPS) is 14.1. The Labute approximate surface area is 199 Å². The summed E-state index contributed by atoms with van der Waals surface area (Å²) in [5.41, 5.74) is 4.64. The minimum Gasteiger partial charge on any atom is -0.495 e. The number of carbonyl (C=O) groups excluding carboxylic acids is 1. The molecule has 0 unspecified atom stereocenters. The first-order valence-corrected chi connectivity index (χ1v) is 11.9. The van der Waals surface area contributed by atoms with Gasteiger partial charge in [0.2, 0.25) is 0 Å². The Morgan fingerprint density at radius 2 is 1.82 bits per heavy atom. The minimum atomic E-state index is -0.253. The number of H-pyrrole nitrogens is 1. The molecule has 1 saturated carbocycles. The molecule has 1 amide bonds. The number of anilines is 1. The number of benzene rings is 3. The van der Waals surface area contributed by atoms with E-state index in [1.54, 1.807) is 7.11 Å². The van der Waals surface area contributed by atoms with Crippen LogP contribution < -0.4 is 14.8 Å². The average Bonchev–Trinajstić information content (AvgIpc) is 3.33. The van der Waals surface area contributed by atoms with Gasteiger partial charge in [-0.3, -0.25) is 4.79 Å². The van der Waals surface area contributed by atoms with Crippen LogP contribution in [-0.4, -0.2) is 29.6 Å². The van der Waals surface area contributed by atoms with E-state index in [1.807, 2.05) is 54.6 Å². The van der Waals surface area contributed by atoms with Gasteiger partial charge < -0.3 is 19.8 Å². The minimum absolute atomic E-state index is 0.0825. The van der Waals surface area contributed by atoms with Crippen LogP contribution in [0.5, 0.6) is 11.5 Å². The molecule has 5 rings (SSSR count). The van der Waals surface area contributed by atoms with Crippen molar-refractivity contribution in [2.75, 3.05) is 19.0 Å². The van der Waals surface area contributed by atoms with Crippen LogP contribution in [-0.2, 0) is 4.79 Å². The zero-order valence-electron chi connectivity index (χ0n) is 19.3. The first-order chi connectivity index (χ1) is 16.7. The van der Waals surface area contributed by atoms with E-state index in [0.717, 1.165) is 22.4 Å². The second-order valence-electron chi connectivity index (χ2n) is 8.76. The molecule has 1 heterocycles. The van der Waals surface area contributed by atoms with Gasteiger partial charge in [-0.25, -0.2) is 4.98 Å². The summed E-state index contributed by atoms with van der Waals surface area (Å²) in [5.74, 6) is 2.39. The number of aromatic amines is 1. The van der Waals surface area contributed by atoms with Crippen LogP contribution in [0.4, 0.5) is 5.69 Å². The number of fused-ring (bicyclic) bond motifs is 1. The van der Waals surface area contributed by atoms with Gasteiger partial charge in [-0.05, 0) is 66.8 Å². The van der Waals surface area contributed by atoms with Gasteiger partial charge in [-0.2, -0.15) is 0 Å². The molecular formula is C28H29N3O3. The molecular weight excluding hydrogens is 426 g/mol. The van der Waals surface area contributed by atoms with Crippen molar-refractivity contribution in [2.45, 2.75) is 38.0 Å². The number of rotatable bonds is 7. The smallest absolute Gasteiger partial charge is 0.262 e. The van der Waals surface area contributed by atoms with Crippen molar-refractivity contribution in [1.82, 2.24) is 9.97 Å². The zero-order chi connectivity index (χ0) is 23.3. The maximum atomic E-state index is 12.6. The number of hydrogen-bond donors (Lipinski definition) is 2. The molecule has 174 valence electrons. The third kappa shape index (κ3) is 4.91. The van der Waals surface area contributed by atoms with Crippen molar-refractivity contribution >= 4 is 22.6 Å². The Kier molecular flexibility index (Phi) is 6.47. The number of hydrogen-bond acceptors (Lipinski definition) is 4. The molecule has 2 N–H and O–H groups in total. The van der Waals surface area contributed by atoms with E-state index >= 15 is 0 Å². The van der Waals surface area contributed by atoms with Crippen LogP contribution in [0.15, 0.2) is 66.7 Å². The Morgan fingerprint density at radius 1 is 1.03 bits per heavy atom. The Bertz CT molecular complexity index is 1240. The molecule has 1 aliphatic carbocycles. The molecule has 1 aliphatic rings. The van der Waals surface area contributed by atoms with Crippen molar-refractivity contribution < 1.29 is 14.3 Å². The Balaban J connectivity index is 1.24.